The quantitative estimate of drug-likeness (QED) is 0.708. The second-order valence-electron chi connectivity index (χ2n) is 3.86. The summed E-state index contributed by atoms with van der Waals surface area (Å²) in [6, 6.07) is 12.3. The Bertz CT molecular complexity index is 787. The van der Waals surface area contributed by atoms with Crippen LogP contribution in [0.5, 0.6) is 11.5 Å². The number of hydrogen-bond acceptors (Lipinski definition) is 4. The number of phenolic OH excluding ortho intramolecular Hbond substituents is 1. The Labute approximate surface area is 109 Å². The molecule has 2 aromatic carbocycles. The second-order valence-corrected chi connectivity index (χ2v) is 3.86. The molecule has 3 rings (SSSR count). The van der Waals surface area contributed by atoms with Gasteiger partial charge in [-0.05, 0) is 24.3 Å². The topological polar surface area (TPSA) is 60.2 Å². The maximum Gasteiger partial charge on any atom is 0.145 e. The molecule has 0 aliphatic rings. The third kappa shape index (κ3) is 1.85. The fourth-order valence-corrected chi connectivity index (χ4v) is 1.86. The van der Waals surface area contributed by atoms with Crippen LogP contribution in [0.4, 0.5) is 0 Å². The van der Waals surface area contributed by atoms with Gasteiger partial charge in [-0.3, -0.25) is 0 Å². The van der Waals surface area contributed by atoms with Crippen molar-refractivity contribution in [3.8, 4) is 29.7 Å². The van der Waals surface area contributed by atoms with Crippen LogP contribution in [0, 0.1) is 12.5 Å². The summed E-state index contributed by atoms with van der Waals surface area (Å²) in [5.41, 5.74) is 2.08. The van der Waals surface area contributed by atoms with E-state index < -0.39 is 0 Å². The number of ether oxygens (including phenoxy) is 1. The largest absolute Gasteiger partial charge is 0.506 e. The molecule has 0 aliphatic carbocycles. The Morgan fingerprint density at radius 3 is 2.84 bits per heavy atom. The lowest BCUT2D eigenvalue weighted by Gasteiger charge is -2.06. The number of hydrogen-bond donors (Lipinski definition) is 1. The number of aromatic nitrogens is 3. The molecule has 1 N–H and O–H groups in total. The van der Waals surface area contributed by atoms with E-state index in [0.29, 0.717) is 11.4 Å². The molecule has 0 saturated heterocycles. The maximum atomic E-state index is 10.0. The van der Waals surface area contributed by atoms with Crippen molar-refractivity contribution in [3.05, 3.63) is 42.5 Å². The number of para-hydroxylation sites is 1. The minimum absolute atomic E-state index is 0.0170. The molecular weight excluding hydrogens is 242 g/mol. The van der Waals surface area contributed by atoms with Gasteiger partial charge < -0.3 is 9.84 Å². The Morgan fingerprint density at radius 1 is 1.21 bits per heavy atom. The summed E-state index contributed by atoms with van der Waals surface area (Å²) in [6.07, 6.45) is 7.09. The van der Waals surface area contributed by atoms with Gasteiger partial charge in [0.2, 0.25) is 0 Å². The summed E-state index contributed by atoms with van der Waals surface area (Å²) in [6.45, 7) is 0. The van der Waals surface area contributed by atoms with Crippen LogP contribution in [-0.4, -0.2) is 20.1 Å². The van der Waals surface area contributed by atoms with Gasteiger partial charge in [-0.2, -0.15) is 0 Å². The monoisotopic (exact) mass is 251 g/mol. The lowest BCUT2D eigenvalue weighted by molar-refractivity contribution is 0.460. The number of fused-ring (bicyclic) bond motifs is 1. The molecule has 1 heterocycles. The van der Waals surface area contributed by atoms with Gasteiger partial charge in [0.1, 0.15) is 28.8 Å². The minimum atomic E-state index is 0.0170. The van der Waals surface area contributed by atoms with E-state index in [2.05, 4.69) is 10.3 Å². The zero-order valence-electron chi connectivity index (χ0n) is 9.82. The number of rotatable bonds is 2. The summed E-state index contributed by atoms with van der Waals surface area (Å²) < 4.78 is 6.43. The lowest BCUT2D eigenvalue weighted by Crippen LogP contribution is -1.97. The van der Waals surface area contributed by atoms with E-state index in [4.69, 9.17) is 11.2 Å². The van der Waals surface area contributed by atoms with Crippen LogP contribution in [0.2, 0.25) is 0 Å². The van der Waals surface area contributed by atoms with Crippen LogP contribution in [0.15, 0.2) is 42.5 Å². The van der Waals surface area contributed by atoms with Crippen molar-refractivity contribution in [3.63, 3.8) is 0 Å². The Balaban J connectivity index is 2.14. The van der Waals surface area contributed by atoms with Crippen LogP contribution in [0.25, 0.3) is 16.7 Å². The highest BCUT2D eigenvalue weighted by molar-refractivity contribution is 5.76. The van der Waals surface area contributed by atoms with Crippen molar-refractivity contribution in [2.24, 2.45) is 0 Å². The molecule has 0 unspecified atom stereocenters. The predicted molar refractivity (Wildman–Crippen MR) is 70.0 cm³/mol. The molecule has 0 fully saturated rings. The average Bonchev–Trinajstić information content (AvgIpc) is 2.83. The first kappa shape index (κ1) is 11.1. The van der Waals surface area contributed by atoms with Gasteiger partial charge in [-0.1, -0.05) is 23.8 Å². The molecule has 92 valence electrons. The van der Waals surface area contributed by atoms with Crippen LogP contribution in [0.1, 0.15) is 0 Å². The normalized spacial score (nSPS) is 10.3. The van der Waals surface area contributed by atoms with E-state index in [0.717, 1.165) is 11.0 Å². The van der Waals surface area contributed by atoms with Gasteiger partial charge in [0.15, 0.2) is 0 Å². The highest BCUT2D eigenvalue weighted by Gasteiger charge is 2.10. The van der Waals surface area contributed by atoms with Gasteiger partial charge in [-0.25, -0.2) is 4.68 Å². The van der Waals surface area contributed by atoms with Gasteiger partial charge in [-0.15, -0.1) is 5.10 Å². The van der Waals surface area contributed by atoms with E-state index in [1.165, 1.54) is 6.07 Å². The molecule has 0 radical (unpaired) electrons. The fourth-order valence-electron chi connectivity index (χ4n) is 1.86. The van der Waals surface area contributed by atoms with Crippen molar-refractivity contribution in [2.75, 3.05) is 0 Å². The molecular formula is C14H9N3O2. The van der Waals surface area contributed by atoms with E-state index in [1.54, 1.807) is 16.8 Å². The third-order valence-electron chi connectivity index (χ3n) is 2.70. The first-order valence-electron chi connectivity index (χ1n) is 5.56. The van der Waals surface area contributed by atoms with E-state index in [1.807, 2.05) is 30.4 Å². The van der Waals surface area contributed by atoms with Gasteiger partial charge in [0.25, 0.3) is 0 Å². The van der Waals surface area contributed by atoms with E-state index in [-0.39, 0.29) is 5.75 Å². The molecule has 0 spiro atoms. The first-order chi connectivity index (χ1) is 9.29. The number of benzene rings is 2. The van der Waals surface area contributed by atoms with Crippen LogP contribution < -0.4 is 4.74 Å². The lowest BCUT2D eigenvalue weighted by atomic mass is 10.2. The van der Waals surface area contributed by atoms with Crippen LogP contribution in [-0.2, 0) is 0 Å². The van der Waals surface area contributed by atoms with Gasteiger partial charge in [0.05, 0.1) is 5.52 Å². The van der Waals surface area contributed by atoms with Crippen LogP contribution >= 0.6 is 0 Å². The summed E-state index contributed by atoms with van der Waals surface area (Å²) in [5.74, 6) is 0.413. The fraction of sp³-hybridized carbons (Fsp3) is 0. The van der Waals surface area contributed by atoms with Gasteiger partial charge in [0, 0.05) is 6.07 Å². The molecule has 0 amide bonds. The van der Waals surface area contributed by atoms with Crippen molar-refractivity contribution in [1.29, 1.82) is 0 Å². The molecule has 5 nitrogen and oxygen atoms in total. The molecule has 5 heteroatoms. The summed E-state index contributed by atoms with van der Waals surface area (Å²) >= 11 is 0. The standard InChI is InChI=1S/C14H9N3O2/c1-2-19-10-7-8-13(14(18)9-10)17-12-6-4-3-5-11(12)15-16-17/h1,3-9,18H. The third-order valence-corrected chi connectivity index (χ3v) is 2.70. The van der Waals surface area contributed by atoms with Gasteiger partial charge >= 0.3 is 0 Å². The molecule has 1 aromatic heterocycles. The van der Waals surface area contributed by atoms with E-state index >= 15 is 0 Å². The summed E-state index contributed by atoms with van der Waals surface area (Å²) in [7, 11) is 0. The zero-order chi connectivity index (χ0) is 13.2. The maximum absolute atomic E-state index is 10.0. The number of terminal acetylenes is 1. The summed E-state index contributed by atoms with van der Waals surface area (Å²) in [5, 5.41) is 18.1. The molecule has 0 saturated carbocycles. The highest BCUT2D eigenvalue weighted by Crippen LogP contribution is 2.28. The zero-order valence-corrected chi connectivity index (χ0v) is 9.82. The van der Waals surface area contributed by atoms with Crippen molar-refractivity contribution in [2.45, 2.75) is 0 Å². The molecule has 0 aliphatic heterocycles. The average molecular weight is 251 g/mol. The number of nitrogens with zero attached hydrogens (tertiary/aromatic N) is 3. The molecule has 19 heavy (non-hydrogen) atoms. The molecule has 3 aromatic rings. The predicted octanol–water partition coefficient (Wildman–Crippen LogP) is 2.10. The van der Waals surface area contributed by atoms with Crippen molar-refractivity contribution < 1.29 is 9.84 Å². The molecule has 0 bridgehead atoms. The highest BCUT2D eigenvalue weighted by atomic mass is 16.5. The summed E-state index contributed by atoms with van der Waals surface area (Å²) in [4.78, 5) is 0. The van der Waals surface area contributed by atoms with Crippen molar-refractivity contribution >= 4 is 11.0 Å². The first-order valence-corrected chi connectivity index (χ1v) is 5.56. The molecule has 0 atom stereocenters. The number of aromatic hydroxyl groups is 1. The minimum Gasteiger partial charge on any atom is -0.506 e. The Morgan fingerprint density at radius 2 is 2.05 bits per heavy atom. The Hall–Kier alpha value is -3.00. The number of phenols is 1. The SMILES string of the molecule is C#COc1ccc(-n2nnc3ccccc32)c(O)c1. The van der Waals surface area contributed by atoms with Crippen LogP contribution in [0.3, 0.4) is 0 Å². The smallest absolute Gasteiger partial charge is 0.145 e. The Kier molecular flexibility index (Phi) is 2.54. The van der Waals surface area contributed by atoms with Crippen molar-refractivity contribution in [1.82, 2.24) is 15.0 Å². The second kappa shape index (κ2) is 4.35. The van der Waals surface area contributed by atoms with E-state index in [9.17, 15) is 5.11 Å².